The van der Waals surface area contributed by atoms with Crippen molar-refractivity contribution in [2.45, 2.75) is 5.33 Å². The zero-order valence-corrected chi connectivity index (χ0v) is 11.4. The van der Waals surface area contributed by atoms with Crippen molar-refractivity contribution in [3.05, 3.63) is 65.2 Å². The number of rotatable bonds is 3. The summed E-state index contributed by atoms with van der Waals surface area (Å²) < 4.78 is 26.2. The van der Waals surface area contributed by atoms with E-state index < -0.39 is 17.5 Å². The summed E-state index contributed by atoms with van der Waals surface area (Å²) in [6.45, 7) is 0. The number of benzene rings is 2. The van der Waals surface area contributed by atoms with Gasteiger partial charge >= 0.3 is 0 Å². The maximum absolute atomic E-state index is 13.4. The molecule has 2 rings (SSSR count). The fourth-order valence-electron chi connectivity index (χ4n) is 1.58. The lowest BCUT2D eigenvalue weighted by atomic mass is 10.1. The minimum Gasteiger partial charge on any atom is -0.319 e. The molecule has 19 heavy (non-hydrogen) atoms. The predicted octanol–water partition coefficient (Wildman–Crippen LogP) is 4.11. The number of carbonyl (C=O) groups is 1. The summed E-state index contributed by atoms with van der Waals surface area (Å²) in [7, 11) is 0. The van der Waals surface area contributed by atoms with Gasteiger partial charge in [0.2, 0.25) is 0 Å². The SMILES string of the molecule is O=C(Nc1ccc(F)cc1F)c1cccc(CBr)c1. The number of hydrogen-bond donors (Lipinski definition) is 1. The van der Waals surface area contributed by atoms with Crippen LogP contribution in [0.4, 0.5) is 14.5 Å². The molecule has 0 aliphatic rings. The Bertz CT molecular complexity index is 616. The third-order valence-electron chi connectivity index (χ3n) is 2.52. The molecule has 0 bridgehead atoms. The number of hydrogen-bond acceptors (Lipinski definition) is 1. The summed E-state index contributed by atoms with van der Waals surface area (Å²) in [6, 6.07) is 9.94. The Hall–Kier alpha value is -1.75. The van der Waals surface area contributed by atoms with Crippen LogP contribution >= 0.6 is 15.9 Å². The maximum Gasteiger partial charge on any atom is 0.255 e. The van der Waals surface area contributed by atoms with Crippen molar-refractivity contribution >= 4 is 27.5 Å². The largest absolute Gasteiger partial charge is 0.319 e. The average molecular weight is 326 g/mol. The number of amides is 1. The second-order valence-electron chi connectivity index (χ2n) is 3.91. The van der Waals surface area contributed by atoms with Gasteiger partial charge in [-0.3, -0.25) is 4.79 Å². The van der Waals surface area contributed by atoms with Crippen molar-refractivity contribution in [3.63, 3.8) is 0 Å². The lowest BCUT2D eigenvalue weighted by molar-refractivity contribution is 0.102. The molecular weight excluding hydrogens is 316 g/mol. The Morgan fingerprint density at radius 3 is 2.63 bits per heavy atom. The molecule has 0 aliphatic heterocycles. The van der Waals surface area contributed by atoms with Gasteiger partial charge in [0.1, 0.15) is 11.6 Å². The van der Waals surface area contributed by atoms with E-state index in [1.165, 1.54) is 6.07 Å². The number of alkyl halides is 1. The zero-order chi connectivity index (χ0) is 13.8. The zero-order valence-electron chi connectivity index (χ0n) is 9.79. The van der Waals surface area contributed by atoms with Gasteiger partial charge in [-0.25, -0.2) is 8.78 Å². The first kappa shape index (κ1) is 13.7. The molecule has 0 heterocycles. The van der Waals surface area contributed by atoms with Crippen molar-refractivity contribution in [2.75, 3.05) is 5.32 Å². The minimum absolute atomic E-state index is 0.0457. The Morgan fingerprint density at radius 2 is 1.95 bits per heavy atom. The van der Waals surface area contributed by atoms with Gasteiger partial charge in [0.25, 0.3) is 5.91 Å². The second-order valence-corrected chi connectivity index (χ2v) is 4.47. The van der Waals surface area contributed by atoms with Gasteiger partial charge in [0, 0.05) is 17.0 Å². The van der Waals surface area contributed by atoms with Crippen molar-refractivity contribution in [1.29, 1.82) is 0 Å². The van der Waals surface area contributed by atoms with Crippen molar-refractivity contribution in [2.24, 2.45) is 0 Å². The molecule has 1 amide bonds. The Balaban J connectivity index is 2.20. The monoisotopic (exact) mass is 325 g/mol. The van der Waals surface area contributed by atoms with Crippen molar-refractivity contribution < 1.29 is 13.6 Å². The summed E-state index contributed by atoms with van der Waals surface area (Å²) in [5.41, 5.74) is 1.31. The molecule has 2 nitrogen and oxygen atoms in total. The minimum atomic E-state index is -0.801. The smallest absolute Gasteiger partial charge is 0.255 e. The molecule has 98 valence electrons. The molecule has 0 aliphatic carbocycles. The summed E-state index contributed by atoms with van der Waals surface area (Å²) in [5.74, 6) is -1.92. The molecule has 1 N–H and O–H groups in total. The third-order valence-corrected chi connectivity index (χ3v) is 3.17. The van der Waals surface area contributed by atoms with E-state index in [0.29, 0.717) is 10.9 Å². The fraction of sp³-hybridized carbons (Fsp3) is 0.0714. The topological polar surface area (TPSA) is 29.1 Å². The van der Waals surface area contributed by atoms with Gasteiger partial charge in [-0.2, -0.15) is 0 Å². The first-order valence-electron chi connectivity index (χ1n) is 5.51. The number of carbonyl (C=O) groups excluding carboxylic acids is 1. The van der Waals surface area contributed by atoms with E-state index in [1.807, 2.05) is 6.07 Å². The van der Waals surface area contributed by atoms with Gasteiger partial charge in [-0.05, 0) is 29.8 Å². The highest BCUT2D eigenvalue weighted by molar-refractivity contribution is 9.08. The molecule has 5 heteroatoms. The maximum atomic E-state index is 13.4. The van der Waals surface area contributed by atoms with Crippen LogP contribution in [0.25, 0.3) is 0 Å². The Labute approximate surface area is 117 Å². The molecule has 0 spiro atoms. The molecule has 2 aromatic carbocycles. The molecule has 0 unspecified atom stereocenters. The normalized spacial score (nSPS) is 10.3. The van der Waals surface area contributed by atoms with Gasteiger partial charge in [-0.15, -0.1) is 0 Å². The van der Waals surface area contributed by atoms with E-state index >= 15 is 0 Å². The van der Waals surface area contributed by atoms with Crippen LogP contribution in [0, 0.1) is 11.6 Å². The van der Waals surface area contributed by atoms with Crippen LogP contribution in [0.5, 0.6) is 0 Å². The highest BCUT2D eigenvalue weighted by atomic mass is 79.9. The molecule has 0 fully saturated rings. The van der Waals surface area contributed by atoms with Crippen molar-refractivity contribution in [3.8, 4) is 0 Å². The average Bonchev–Trinajstić information content (AvgIpc) is 2.42. The molecule has 0 saturated heterocycles. The highest BCUT2D eigenvalue weighted by Gasteiger charge is 2.10. The summed E-state index contributed by atoms with van der Waals surface area (Å²) in [5, 5.41) is 3.03. The highest BCUT2D eigenvalue weighted by Crippen LogP contribution is 2.17. The van der Waals surface area contributed by atoms with Crippen LogP contribution in [0.1, 0.15) is 15.9 Å². The van der Waals surface area contributed by atoms with E-state index in [0.717, 1.165) is 17.7 Å². The van der Waals surface area contributed by atoms with Gasteiger partial charge < -0.3 is 5.32 Å². The summed E-state index contributed by atoms with van der Waals surface area (Å²) >= 11 is 3.29. The Morgan fingerprint density at radius 1 is 1.16 bits per heavy atom. The standard InChI is InChI=1S/C14H10BrF2NO/c15-8-9-2-1-3-10(6-9)14(19)18-13-5-4-11(16)7-12(13)17/h1-7H,8H2,(H,18,19). The van der Waals surface area contributed by atoms with Crippen LogP contribution in [0.15, 0.2) is 42.5 Å². The summed E-state index contributed by atoms with van der Waals surface area (Å²) in [6.07, 6.45) is 0. The second kappa shape index (κ2) is 5.93. The van der Waals surface area contributed by atoms with Gasteiger partial charge in [0.05, 0.1) is 5.69 Å². The van der Waals surface area contributed by atoms with Crippen LogP contribution in [0.3, 0.4) is 0 Å². The predicted molar refractivity (Wildman–Crippen MR) is 73.4 cm³/mol. The Kier molecular flexibility index (Phi) is 4.27. The van der Waals surface area contributed by atoms with E-state index in [9.17, 15) is 13.6 Å². The molecule has 2 aromatic rings. The summed E-state index contributed by atoms with van der Waals surface area (Å²) in [4.78, 5) is 11.9. The van der Waals surface area contributed by atoms with Gasteiger partial charge in [0.15, 0.2) is 0 Å². The van der Waals surface area contributed by atoms with E-state index in [4.69, 9.17) is 0 Å². The first-order valence-corrected chi connectivity index (χ1v) is 6.63. The molecule has 0 atom stereocenters. The van der Waals surface area contributed by atoms with Crippen LogP contribution in [-0.4, -0.2) is 5.91 Å². The lowest BCUT2D eigenvalue weighted by Crippen LogP contribution is -2.13. The van der Waals surface area contributed by atoms with Crippen LogP contribution < -0.4 is 5.32 Å². The van der Waals surface area contributed by atoms with Crippen molar-refractivity contribution in [1.82, 2.24) is 0 Å². The lowest BCUT2D eigenvalue weighted by Gasteiger charge is -2.07. The molecule has 0 radical (unpaired) electrons. The molecule has 0 saturated carbocycles. The molecule has 0 aromatic heterocycles. The van der Waals surface area contributed by atoms with Crippen LogP contribution in [0.2, 0.25) is 0 Å². The fourth-order valence-corrected chi connectivity index (χ4v) is 1.93. The van der Waals surface area contributed by atoms with E-state index in [1.54, 1.807) is 18.2 Å². The third kappa shape index (κ3) is 3.38. The number of anilines is 1. The first-order chi connectivity index (χ1) is 9.10. The van der Waals surface area contributed by atoms with Crippen LogP contribution in [-0.2, 0) is 5.33 Å². The molecular formula is C14H10BrF2NO. The van der Waals surface area contributed by atoms with E-state index in [2.05, 4.69) is 21.2 Å². The number of nitrogens with one attached hydrogen (secondary N) is 1. The van der Waals surface area contributed by atoms with Gasteiger partial charge in [-0.1, -0.05) is 28.1 Å². The quantitative estimate of drug-likeness (QED) is 0.845. The van der Waals surface area contributed by atoms with E-state index in [-0.39, 0.29) is 5.69 Å². The number of halogens is 3.